The molecule has 28 heavy (non-hydrogen) atoms. The number of aryl methyl sites for hydroxylation is 1. The van der Waals surface area contributed by atoms with Crippen molar-refractivity contribution < 1.29 is 19.1 Å². The van der Waals surface area contributed by atoms with Crippen LogP contribution < -0.4 is 0 Å². The fraction of sp³-hybridized carbons (Fsp3) is 0.286. The van der Waals surface area contributed by atoms with Gasteiger partial charge >= 0.3 is 5.97 Å². The summed E-state index contributed by atoms with van der Waals surface area (Å²) in [5.41, 5.74) is 1.59. The zero-order valence-corrected chi connectivity index (χ0v) is 15.4. The van der Waals surface area contributed by atoms with Gasteiger partial charge in [-0.15, -0.1) is 0 Å². The minimum Gasteiger partial charge on any atom is -0.478 e. The Balaban J connectivity index is 1.71. The van der Waals surface area contributed by atoms with Gasteiger partial charge < -0.3 is 14.6 Å². The Morgan fingerprint density at radius 3 is 2.75 bits per heavy atom. The molecule has 4 rings (SSSR count). The molecule has 0 bridgehead atoms. The highest BCUT2D eigenvalue weighted by Crippen LogP contribution is 2.34. The highest BCUT2D eigenvalue weighted by Gasteiger charge is 2.35. The Labute approximate surface area is 161 Å². The normalized spacial score (nSPS) is 16.6. The maximum atomic E-state index is 14.4. The molecule has 6 nitrogen and oxygen atoms in total. The number of carbonyl (C=O) groups excluding carboxylic acids is 1. The minimum absolute atomic E-state index is 0.115. The van der Waals surface area contributed by atoms with Crippen molar-refractivity contribution in [2.75, 3.05) is 6.54 Å². The molecule has 2 aromatic carbocycles. The third kappa shape index (κ3) is 2.93. The molecule has 1 aliphatic rings. The van der Waals surface area contributed by atoms with Crippen LogP contribution in [0.5, 0.6) is 0 Å². The molecule has 1 aromatic heterocycles. The third-order valence-corrected chi connectivity index (χ3v) is 5.26. The lowest BCUT2D eigenvalue weighted by atomic mass is 10.1. The van der Waals surface area contributed by atoms with E-state index in [0.717, 1.165) is 42.3 Å². The molecule has 2 heterocycles. The highest BCUT2D eigenvalue weighted by molar-refractivity contribution is 5.96. The van der Waals surface area contributed by atoms with Crippen molar-refractivity contribution in [3.8, 4) is 0 Å². The summed E-state index contributed by atoms with van der Waals surface area (Å²) in [7, 11) is 0. The Kier molecular flexibility index (Phi) is 4.58. The van der Waals surface area contributed by atoms with Gasteiger partial charge in [0.15, 0.2) is 0 Å². The van der Waals surface area contributed by atoms with E-state index >= 15 is 0 Å². The average molecular weight is 381 g/mol. The predicted octanol–water partition coefficient (Wildman–Crippen LogP) is 3.87. The zero-order chi connectivity index (χ0) is 19.8. The number of aromatic carboxylic acids is 1. The molecule has 144 valence electrons. The Bertz CT molecular complexity index is 1080. The van der Waals surface area contributed by atoms with Crippen molar-refractivity contribution >= 4 is 22.9 Å². The maximum Gasteiger partial charge on any atom is 0.335 e. The van der Waals surface area contributed by atoms with E-state index in [1.54, 1.807) is 4.90 Å². The van der Waals surface area contributed by atoms with Crippen LogP contribution in [0.4, 0.5) is 4.39 Å². The van der Waals surface area contributed by atoms with Crippen LogP contribution in [0.1, 0.15) is 52.3 Å². The molecule has 1 fully saturated rings. The first-order chi connectivity index (χ1) is 13.5. The fourth-order valence-corrected chi connectivity index (χ4v) is 3.94. The lowest BCUT2D eigenvalue weighted by Gasteiger charge is -2.25. The summed E-state index contributed by atoms with van der Waals surface area (Å²) in [6.45, 7) is 3.26. The average Bonchev–Trinajstić information content (AvgIpc) is 3.31. The second-order valence-corrected chi connectivity index (χ2v) is 6.86. The molecule has 1 unspecified atom stereocenters. The minimum atomic E-state index is -1.23. The van der Waals surface area contributed by atoms with Crippen LogP contribution in [0.3, 0.4) is 0 Å². The van der Waals surface area contributed by atoms with E-state index in [0.29, 0.717) is 6.54 Å². The summed E-state index contributed by atoms with van der Waals surface area (Å²) in [6, 6.07) is 11.0. The quantitative estimate of drug-likeness (QED) is 0.744. The number of benzene rings is 2. The number of carboxylic acids is 1. The fourth-order valence-electron chi connectivity index (χ4n) is 3.94. The summed E-state index contributed by atoms with van der Waals surface area (Å²) >= 11 is 0. The monoisotopic (exact) mass is 381 g/mol. The molecule has 3 aromatic rings. The van der Waals surface area contributed by atoms with Gasteiger partial charge in [-0.25, -0.2) is 14.2 Å². The first-order valence-electron chi connectivity index (χ1n) is 9.30. The number of hydrogen-bond acceptors (Lipinski definition) is 3. The molecule has 0 spiro atoms. The van der Waals surface area contributed by atoms with E-state index in [-0.39, 0.29) is 17.2 Å². The van der Waals surface area contributed by atoms with Crippen molar-refractivity contribution in [1.29, 1.82) is 0 Å². The van der Waals surface area contributed by atoms with Gasteiger partial charge in [0.25, 0.3) is 5.91 Å². The van der Waals surface area contributed by atoms with Crippen LogP contribution in [0.25, 0.3) is 11.0 Å². The van der Waals surface area contributed by atoms with Gasteiger partial charge in [0, 0.05) is 13.1 Å². The molecular formula is C21H20FN3O3. The molecule has 0 saturated carbocycles. The van der Waals surface area contributed by atoms with E-state index in [9.17, 15) is 14.0 Å². The lowest BCUT2D eigenvalue weighted by Crippen LogP contribution is -2.32. The van der Waals surface area contributed by atoms with Gasteiger partial charge in [-0.1, -0.05) is 12.1 Å². The number of amides is 1. The lowest BCUT2D eigenvalue weighted by molar-refractivity contribution is 0.0689. The Morgan fingerprint density at radius 1 is 1.25 bits per heavy atom. The summed E-state index contributed by atoms with van der Waals surface area (Å²) < 4.78 is 16.5. The number of fused-ring (bicyclic) bond motifs is 1. The van der Waals surface area contributed by atoms with Crippen molar-refractivity contribution in [2.24, 2.45) is 0 Å². The van der Waals surface area contributed by atoms with Crippen LogP contribution in [-0.2, 0) is 6.54 Å². The maximum absolute atomic E-state index is 14.4. The number of para-hydroxylation sites is 2. The smallest absolute Gasteiger partial charge is 0.335 e. The van der Waals surface area contributed by atoms with Crippen molar-refractivity contribution in [2.45, 2.75) is 32.4 Å². The second kappa shape index (κ2) is 7.07. The Morgan fingerprint density at radius 2 is 2.04 bits per heavy atom. The van der Waals surface area contributed by atoms with Crippen molar-refractivity contribution in [3.63, 3.8) is 0 Å². The molecule has 0 radical (unpaired) electrons. The number of nitrogens with zero attached hydrogens (tertiary/aromatic N) is 3. The van der Waals surface area contributed by atoms with Crippen molar-refractivity contribution in [3.05, 3.63) is 65.2 Å². The van der Waals surface area contributed by atoms with Crippen molar-refractivity contribution in [1.82, 2.24) is 14.5 Å². The van der Waals surface area contributed by atoms with E-state index in [1.807, 2.05) is 31.2 Å². The number of likely N-dealkylation sites (tertiary alicyclic amines) is 1. The van der Waals surface area contributed by atoms with Crippen LogP contribution in [0, 0.1) is 5.82 Å². The van der Waals surface area contributed by atoms with E-state index in [4.69, 9.17) is 10.1 Å². The molecule has 1 amide bonds. The van der Waals surface area contributed by atoms with E-state index in [2.05, 4.69) is 4.57 Å². The van der Waals surface area contributed by atoms with Crippen LogP contribution in [-0.4, -0.2) is 38.0 Å². The van der Waals surface area contributed by atoms with Gasteiger partial charge in [-0.3, -0.25) is 4.79 Å². The number of imidazole rings is 1. The number of carbonyl (C=O) groups is 2. The van der Waals surface area contributed by atoms with Gasteiger partial charge in [0.1, 0.15) is 11.6 Å². The second-order valence-electron chi connectivity index (χ2n) is 6.86. The summed E-state index contributed by atoms with van der Waals surface area (Å²) in [4.78, 5) is 30.5. The van der Waals surface area contributed by atoms with E-state index in [1.165, 1.54) is 12.1 Å². The largest absolute Gasteiger partial charge is 0.478 e. The first kappa shape index (κ1) is 18.2. The number of rotatable bonds is 4. The van der Waals surface area contributed by atoms with E-state index < -0.39 is 17.7 Å². The molecule has 0 aliphatic carbocycles. The summed E-state index contributed by atoms with van der Waals surface area (Å²) in [6.07, 6.45) is 1.56. The SMILES string of the molecule is CCn1c(C2CCCN2C(=O)c2ccc(C(=O)O)cc2F)nc2ccccc21. The first-order valence-corrected chi connectivity index (χ1v) is 9.30. The Hall–Kier alpha value is -3.22. The van der Waals surface area contributed by atoms with Gasteiger partial charge in [0.2, 0.25) is 0 Å². The topological polar surface area (TPSA) is 75.4 Å². The molecule has 1 aliphatic heterocycles. The third-order valence-electron chi connectivity index (χ3n) is 5.26. The number of carboxylic acid groups (broad SMARTS) is 1. The zero-order valence-electron chi connectivity index (χ0n) is 15.4. The van der Waals surface area contributed by atoms with Crippen LogP contribution in [0.2, 0.25) is 0 Å². The predicted molar refractivity (Wildman–Crippen MR) is 102 cm³/mol. The van der Waals surface area contributed by atoms with Gasteiger partial charge in [0.05, 0.1) is 28.2 Å². The number of hydrogen-bond donors (Lipinski definition) is 1. The van der Waals surface area contributed by atoms with Gasteiger partial charge in [-0.2, -0.15) is 0 Å². The van der Waals surface area contributed by atoms with Gasteiger partial charge in [-0.05, 0) is 50.1 Å². The molecule has 7 heteroatoms. The van der Waals surface area contributed by atoms with Crippen LogP contribution in [0.15, 0.2) is 42.5 Å². The molecule has 1 N–H and O–H groups in total. The number of halogens is 1. The molecular weight excluding hydrogens is 361 g/mol. The standard InChI is InChI=1S/C21H20FN3O3/c1-2-24-17-7-4-3-6-16(17)23-19(24)18-8-5-11-25(18)20(26)14-10-9-13(21(27)28)12-15(14)22/h3-4,6-7,9-10,12,18H,2,5,8,11H2,1H3,(H,27,28). The number of aromatic nitrogens is 2. The summed E-state index contributed by atoms with van der Waals surface area (Å²) in [5, 5.41) is 8.99. The molecule has 1 saturated heterocycles. The summed E-state index contributed by atoms with van der Waals surface area (Å²) in [5.74, 6) is -1.68. The molecule has 1 atom stereocenters. The highest BCUT2D eigenvalue weighted by atomic mass is 19.1. The van der Waals surface area contributed by atoms with Crippen LogP contribution >= 0.6 is 0 Å².